The van der Waals surface area contributed by atoms with Crippen LogP contribution in [0.5, 0.6) is 0 Å². The Labute approximate surface area is 110 Å². The summed E-state index contributed by atoms with van der Waals surface area (Å²) in [6.45, 7) is 0.273. The van der Waals surface area contributed by atoms with Crippen molar-refractivity contribution in [1.29, 1.82) is 0 Å². The van der Waals surface area contributed by atoms with E-state index in [1.54, 1.807) is 12.1 Å². The van der Waals surface area contributed by atoms with Crippen molar-refractivity contribution in [2.45, 2.75) is 6.54 Å². The summed E-state index contributed by atoms with van der Waals surface area (Å²) in [6.07, 6.45) is -0.238. The maximum Gasteiger partial charge on any atom is 0.404 e. The average molecular weight is 255 g/mol. The van der Waals surface area contributed by atoms with E-state index in [0.717, 1.165) is 23.0 Å². The molecule has 2 rings (SSSR count). The molecule has 0 heterocycles. The summed E-state index contributed by atoms with van der Waals surface area (Å²) in [5.74, 6) is 0. The Balaban J connectivity index is 2.21. The van der Waals surface area contributed by atoms with Crippen molar-refractivity contribution in [3.8, 4) is 11.1 Å². The Morgan fingerprint density at radius 3 is 2.47 bits per heavy atom. The lowest BCUT2D eigenvalue weighted by molar-refractivity contribution is 0.112. The number of aldehydes is 1. The molecule has 2 aromatic rings. The molecule has 0 radical (unpaired) electrons. The molecule has 96 valence electrons. The van der Waals surface area contributed by atoms with Gasteiger partial charge in [-0.05, 0) is 22.8 Å². The first-order valence-corrected chi connectivity index (χ1v) is 5.80. The highest BCUT2D eigenvalue weighted by atomic mass is 16.4. The van der Waals surface area contributed by atoms with Gasteiger partial charge in [-0.25, -0.2) is 4.79 Å². The fourth-order valence-corrected chi connectivity index (χ4v) is 1.79. The number of nitrogens with one attached hydrogen (secondary N) is 1. The molecule has 0 atom stereocenters. The fourth-order valence-electron chi connectivity index (χ4n) is 1.79. The maximum atomic E-state index is 10.6. The van der Waals surface area contributed by atoms with Crippen LogP contribution in [0.4, 0.5) is 4.79 Å². The lowest BCUT2D eigenvalue weighted by Gasteiger charge is -2.06. The van der Waals surface area contributed by atoms with Crippen LogP contribution in [0.15, 0.2) is 48.5 Å². The Morgan fingerprint density at radius 1 is 1.11 bits per heavy atom. The van der Waals surface area contributed by atoms with Gasteiger partial charge in [0.25, 0.3) is 0 Å². The summed E-state index contributed by atoms with van der Waals surface area (Å²) >= 11 is 0. The van der Waals surface area contributed by atoms with Crippen molar-refractivity contribution in [3.05, 3.63) is 59.7 Å². The highest BCUT2D eigenvalue weighted by Crippen LogP contribution is 2.20. The molecule has 0 aliphatic carbocycles. The van der Waals surface area contributed by atoms with Crippen LogP contribution in [-0.4, -0.2) is 17.5 Å². The Morgan fingerprint density at radius 2 is 1.84 bits per heavy atom. The molecule has 0 bridgehead atoms. The number of carbonyl (C=O) groups excluding carboxylic acids is 1. The second kappa shape index (κ2) is 5.82. The molecule has 0 aliphatic rings. The number of carboxylic acid groups (broad SMARTS) is 1. The van der Waals surface area contributed by atoms with E-state index in [4.69, 9.17) is 5.11 Å². The van der Waals surface area contributed by atoms with Crippen LogP contribution in [0.1, 0.15) is 15.9 Å². The summed E-state index contributed by atoms with van der Waals surface area (Å²) in [5.41, 5.74) is 3.50. The predicted molar refractivity (Wildman–Crippen MR) is 72.1 cm³/mol. The Kier molecular flexibility index (Phi) is 3.93. The van der Waals surface area contributed by atoms with E-state index in [1.807, 2.05) is 36.4 Å². The van der Waals surface area contributed by atoms with Crippen LogP contribution in [0.2, 0.25) is 0 Å². The minimum absolute atomic E-state index is 0.273. The van der Waals surface area contributed by atoms with Crippen LogP contribution in [0.3, 0.4) is 0 Å². The summed E-state index contributed by atoms with van der Waals surface area (Å²) in [5, 5.41) is 10.9. The second-order valence-corrected chi connectivity index (χ2v) is 4.10. The zero-order valence-electron chi connectivity index (χ0n) is 10.2. The Bertz CT molecular complexity index is 591. The van der Waals surface area contributed by atoms with E-state index in [0.29, 0.717) is 5.56 Å². The molecule has 0 unspecified atom stereocenters. The van der Waals surface area contributed by atoms with Gasteiger partial charge in [-0.2, -0.15) is 0 Å². The molecule has 4 heteroatoms. The van der Waals surface area contributed by atoms with Gasteiger partial charge >= 0.3 is 6.09 Å². The SMILES string of the molecule is O=Cc1ccc(-c2cccc(CNC(=O)O)c2)cc1. The largest absolute Gasteiger partial charge is 0.465 e. The van der Waals surface area contributed by atoms with Crippen LogP contribution >= 0.6 is 0 Å². The van der Waals surface area contributed by atoms with Crippen molar-refractivity contribution in [2.24, 2.45) is 0 Å². The van der Waals surface area contributed by atoms with Crippen LogP contribution in [0, 0.1) is 0 Å². The molecule has 2 N–H and O–H groups in total. The first-order chi connectivity index (χ1) is 9.19. The molecular formula is C15H13NO3. The number of hydrogen-bond donors (Lipinski definition) is 2. The summed E-state index contributed by atoms with van der Waals surface area (Å²) in [4.78, 5) is 21.0. The topological polar surface area (TPSA) is 66.4 Å². The molecule has 0 spiro atoms. The van der Waals surface area contributed by atoms with E-state index in [1.165, 1.54) is 0 Å². The van der Waals surface area contributed by atoms with E-state index in [2.05, 4.69) is 5.32 Å². The van der Waals surface area contributed by atoms with Gasteiger partial charge in [-0.1, -0.05) is 42.5 Å². The molecule has 0 saturated heterocycles. The van der Waals surface area contributed by atoms with Gasteiger partial charge in [0.05, 0.1) is 0 Å². The van der Waals surface area contributed by atoms with Crippen molar-refractivity contribution in [3.63, 3.8) is 0 Å². The van der Waals surface area contributed by atoms with Crippen LogP contribution in [0.25, 0.3) is 11.1 Å². The average Bonchev–Trinajstić information content (AvgIpc) is 2.45. The third-order valence-corrected chi connectivity index (χ3v) is 2.75. The molecule has 2 aromatic carbocycles. The molecule has 0 saturated carbocycles. The standard InChI is InChI=1S/C15H13NO3/c17-10-11-4-6-13(7-5-11)14-3-1-2-12(8-14)9-16-15(18)19/h1-8,10,16H,9H2,(H,18,19). The molecule has 4 nitrogen and oxygen atoms in total. The van der Waals surface area contributed by atoms with E-state index >= 15 is 0 Å². The molecule has 1 amide bonds. The van der Waals surface area contributed by atoms with Gasteiger partial charge in [0.1, 0.15) is 6.29 Å². The monoisotopic (exact) mass is 255 g/mol. The summed E-state index contributed by atoms with van der Waals surface area (Å²) in [6, 6.07) is 14.9. The molecule has 0 aliphatic heterocycles. The minimum Gasteiger partial charge on any atom is -0.465 e. The molecule has 19 heavy (non-hydrogen) atoms. The van der Waals surface area contributed by atoms with E-state index < -0.39 is 6.09 Å². The van der Waals surface area contributed by atoms with Gasteiger partial charge in [-0.15, -0.1) is 0 Å². The predicted octanol–water partition coefficient (Wildman–Crippen LogP) is 2.93. The van der Waals surface area contributed by atoms with E-state index in [-0.39, 0.29) is 6.54 Å². The zero-order valence-corrected chi connectivity index (χ0v) is 10.2. The van der Waals surface area contributed by atoms with Gasteiger partial charge in [0.2, 0.25) is 0 Å². The lowest BCUT2D eigenvalue weighted by Crippen LogP contribution is -2.19. The smallest absolute Gasteiger partial charge is 0.404 e. The fraction of sp³-hybridized carbons (Fsp3) is 0.0667. The maximum absolute atomic E-state index is 10.6. The zero-order chi connectivity index (χ0) is 13.7. The van der Waals surface area contributed by atoms with Crippen molar-refractivity contribution in [2.75, 3.05) is 0 Å². The normalized spacial score (nSPS) is 9.89. The van der Waals surface area contributed by atoms with Crippen LogP contribution < -0.4 is 5.32 Å². The number of rotatable bonds is 4. The third kappa shape index (κ3) is 3.42. The second-order valence-electron chi connectivity index (χ2n) is 4.10. The molecule has 0 aromatic heterocycles. The van der Waals surface area contributed by atoms with Crippen molar-refractivity contribution >= 4 is 12.4 Å². The number of hydrogen-bond acceptors (Lipinski definition) is 2. The first kappa shape index (κ1) is 12.8. The molecular weight excluding hydrogens is 242 g/mol. The number of amides is 1. The van der Waals surface area contributed by atoms with Gasteiger partial charge < -0.3 is 10.4 Å². The number of carbonyl (C=O) groups is 2. The van der Waals surface area contributed by atoms with Crippen molar-refractivity contribution < 1.29 is 14.7 Å². The van der Waals surface area contributed by atoms with Crippen LogP contribution in [-0.2, 0) is 6.54 Å². The van der Waals surface area contributed by atoms with Gasteiger partial charge in [0, 0.05) is 12.1 Å². The van der Waals surface area contributed by atoms with Gasteiger partial charge in [-0.3, -0.25) is 4.79 Å². The van der Waals surface area contributed by atoms with Gasteiger partial charge in [0.15, 0.2) is 0 Å². The summed E-state index contributed by atoms with van der Waals surface area (Å²) in [7, 11) is 0. The highest BCUT2D eigenvalue weighted by molar-refractivity contribution is 5.77. The first-order valence-electron chi connectivity index (χ1n) is 5.80. The number of benzene rings is 2. The third-order valence-electron chi connectivity index (χ3n) is 2.75. The minimum atomic E-state index is -1.04. The van der Waals surface area contributed by atoms with Crippen molar-refractivity contribution in [1.82, 2.24) is 5.32 Å². The lowest BCUT2D eigenvalue weighted by atomic mass is 10.0. The quantitative estimate of drug-likeness (QED) is 0.825. The molecule has 0 fully saturated rings. The summed E-state index contributed by atoms with van der Waals surface area (Å²) < 4.78 is 0. The Hall–Kier alpha value is -2.62. The van der Waals surface area contributed by atoms with E-state index in [9.17, 15) is 9.59 Å². The highest BCUT2D eigenvalue weighted by Gasteiger charge is 2.01.